The van der Waals surface area contributed by atoms with Gasteiger partial charge in [-0.1, -0.05) is 78.9 Å². The maximum absolute atomic E-state index is 2.52. The van der Waals surface area contributed by atoms with E-state index in [1.807, 2.05) is 0 Å². The first kappa shape index (κ1) is 19.7. The molecule has 2 nitrogen and oxygen atoms in total. The molecule has 0 radical (unpaired) electrons. The summed E-state index contributed by atoms with van der Waals surface area (Å²) in [7, 11) is 0. The van der Waals surface area contributed by atoms with Gasteiger partial charge in [-0.05, 0) is 64.0 Å². The summed E-state index contributed by atoms with van der Waals surface area (Å²) in [6.45, 7) is 0. The molecule has 0 N–H and O–H groups in total. The fraction of sp³-hybridized carbons (Fsp3) is 0. The lowest BCUT2D eigenvalue weighted by Crippen LogP contribution is -1.83. The summed E-state index contributed by atoms with van der Waals surface area (Å²) < 4.78 is 5.02. The number of hydrogen-bond acceptors (Lipinski definition) is 0. The highest BCUT2D eigenvalue weighted by Gasteiger charge is 2.23. The van der Waals surface area contributed by atoms with E-state index in [1.165, 1.54) is 97.7 Å². The number of fused-ring (bicyclic) bond motifs is 15. The fourth-order valence-corrected chi connectivity index (χ4v) is 7.91. The lowest BCUT2D eigenvalue weighted by molar-refractivity contribution is 1.35. The number of benzene rings is 7. The third-order valence-corrected chi connectivity index (χ3v) is 9.49. The molecule has 0 bridgehead atoms. The van der Waals surface area contributed by atoms with Crippen molar-refractivity contribution in [2.45, 2.75) is 0 Å². The lowest BCUT2D eigenvalue weighted by Gasteiger charge is -2.06. The lowest BCUT2D eigenvalue weighted by atomic mass is 9.96. The first-order chi connectivity index (χ1) is 19.8. The van der Waals surface area contributed by atoms with Crippen LogP contribution in [0.25, 0.3) is 97.7 Å². The maximum Gasteiger partial charge on any atom is 0.0627 e. The Hall–Kier alpha value is -5.34. The van der Waals surface area contributed by atoms with Crippen LogP contribution in [0.4, 0.5) is 0 Å². The minimum Gasteiger partial charge on any atom is -0.308 e. The zero-order chi connectivity index (χ0) is 25.7. The van der Waals surface area contributed by atoms with Crippen molar-refractivity contribution in [2.24, 2.45) is 0 Å². The van der Waals surface area contributed by atoms with Gasteiger partial charge in [0.15, 0.2) is 0 Å². The summed E-state index contributed by atoms with van der Waals surface area (Å²) in [5.74, 6) is 0. The normalized spacial score (nSPS) is 13.0. The van der Waals surface area contributed by atoms with E-state index < -0.39 is 0 Å². The molecule has 4 aromatic heterocycles. The zero-order valence-corrected chi connectivity index (χ0v) is 21.4. The molecule has 0 atom stereocenters. The second kappa shape index (κ2) is 6.44. The van der Waals surface area contributed by atoms with Crippen LogP contribution in [0.3, 0.4) is 0 Å². The van der Waals surface area contributed by atoms with E-state index >= 15 is 0 Å². The molecule has 0 saturated heterocycles. The Morgan fingerprint density at radius 2 is 0.875 bits per heavy atom. The first-order valence-electron chi connectivity index (χ1n) is 14.0. The zero-order valence-electron chi connectivity index (χ0n) is 21.4. The quantitative estimate of drug-likeness (QED) is 0.182. The average Bonchev–Trinajstić information content (AvgIpc) is 3.71. The van der Waals surface area contributed by atoms with E-state index in [0.717, 1.165) is 0 Å². The molecular weight excluding hydrogens is 484 g/mol. The molecule has 7 aromatic carbocycles. The summed E-state index contributed by atoms with van der Waals surface area (Å²) in [6, 6.07) is 45.4. The highest BCUT2D eigenvalue weighted by atomic mass is 14.9. The summed E-state index contributed by atoms with van der Waals surface area (Å²) >= 11 is 0. The number of rotatable bonds is 0. The van der Waals surface area contributed by atoms with Gasteiger partial charge in [0.05, 0.1) is 33.1 Å². The van der Waals surface area contributed by atoms with Crippen LogP contribution in [0.5, 0.6) is 0 Å². The van der Waals surface area contributed by atoms with Crippen molar-refractivity contribution in [2.75, 3.05) is 0 Å². The van der Waals surface area contributed by atoms with Crippen LogP contribution in [0.2, 0.25) is 0 Å². The molecule has 2 heteroatoms. The molecule has 11 rings (SSSR count). The van der Waals surface area contributed by atoms with E-state index in [0.29, 0.717) is 0 Å². The second-order valence-electron chi connectivity index (χ2n) is 11.4. The number of aromatic nitrogens is 2. The standard InChI is InChI=1S/C38H20N2/c1-2-9-22-17-28-23(16-21(22)8-1)18-30-25-11-4-6-15-33(25)40-35-20-34-29(19-31(35)36(28)38(30)40)27-13-7-12-26-24-10-3-5-14-32(24)39(34)37(26)27/h1-20H. The molecule has 0 aliphatic carbocycles. The predicted molar refractivity (Wildman–Crippen MR) is 171 cm³/mol. The number of nitrogens with zero attached hydrogens (tertiary/aromatic N) is 2. The predicted octanol–water partition coefficient (Wildman–Crippen LogP) is 10.3. The molecule has 11 aromatic rings. The Morgan fingerprint density at radius 1 is 0.300 bits per heavy atom. The van der Waals surface area contributed by atoms with Gasteiger partial charge in [0, 0.05) is 43.1 Å². The van der Waals surface area contributed by atoms with Crippen molar-refractivity contribution < 1.29 is 0 Å². The molecule has 0 spiro atoms. The second-order valence-corrected chi connectivity index (χ2v) is 11.4. The average molecular weight is 505 g/mol. The van der Waals surface area contributed by atoms with Crippen LogP contribution < -0.4 is 0 Å². The van der Waals surface area contributed by atoms with Crippen molar-refractivity contribution in [3.05, 3.63) is 121 Å². The van der Waals surface area contributed by atoms with Crippen LogP contribution in [0, 0.1) is 0 Å². The van der Waals surface area contributed by atoms with Crippen LogP contribution in [0.1, 0.15) is 0 Å². The van der Waals surface area contributed by atoms with Gasteiger partial charge in [0.2, 0.25) is 0 Å². The summed E-state index contributed by atoms with van der Waals surface area (Å²) in [5, 5.41) is 15.9. The molecule has 0 fully saturated rings. The van der Waals surface area contributed by atoms with Gasteiger partial charge in [-0.2, -0.15) is 0 Å². The van der Waals surface area contributed by atoms with E-state index in [9.17, 15) is 0 Å². The van der Waals surface area contributed by atoms with E-state index in [-0.39, 0.29) is 0 Å². The SMILES string of the molecule is c1ccc2cc3c(cc2c1)cc1c2ccccc2n2c4cc5c(cc4c3c12)c1cccc2c3ccccc3n5c21. The fourth-order valence-electron chi connectivity index (χ4n) is 7.91. The highest BCUT2D eigenvalue weighted by molar-refractivity contribution is 6.34. The minimum atomic E-state index is 1.27. The van der Waals surface area contributed by atoms with E-state index in [4.69, 9.17) is 0 Å². The Balaban J connectivity index is 1.47. The van der Waals surface area contributed by atoms with Crippen molar-refractivity contribution in [1.82, 2.24) is 8.80 Å². The Kier molecular flexibility index (Phi) is 3.17. The number of hydrogen-bond donors (Lipinski definition) is 0. The van der Waals surface area contributed by atoms with Crippen molar-refractivity contribution in [3.63, 3.8) is 0 Å². The van der Waals surface area contributed by atoms with Crippen LogP contribution >= 0.6 is 0 Å². The molecule has 0 unspecified atom stereocenters. The molecule has 182 valence electrons. The molecule has 0 aliphatic rings. The van der Waals surface area contributed by atoms with Gasteiger partial charge in [0.25, 0.3) is 0 Å². The maximum atomic E-state index is 2.52. The van der Waals surface area contributed by atoms with Crippen molar-refractivity contribution in [3.8, 4) is 0 Å². The molecule has 4 heterocycles. The molecule has 0 aliphatic heterocycles. The summed E-state index contributed by atoms with van der Waals surface area (Å²) in [4.78, 5) is 0. The van der Waals surface area contributed by atoms with E-state index in [2.05, 4.69) is 130 Å². The monoisotopic (exact) mass is 504 g/mol. The largest absolute Gasteiger partial charge is 0.308 e. The third-order valence-electron chi connectivity index (χ3n) is 9.49. The molecular formula is C38H20N2. The highest BCUT2D eigenvalue weighted by Crippen LogP contribution is 2.47. The van der Waals surface area contributed by atoms with Gasteiger partial charge in [0.1, 0.15) is 0 Å². The van der Waals surface area contributed by atoms with Crippen LogP contribution in [-0.4, -0.2) is 8.80 Å². The molecule has 40 heavy (non-hydrogen) atoms. The van der Waals surface area contributed by atoms with Gasteiger partial charge in [-0.15, -0.1) is 0 Å². The summed E-state index contributed by atoms with van der Waals surface area (Å²) in [6.07, 6.45) is 0. The van der Waals surface area contributed by atoms with Gasteiger partial charge < -0.3 is 8.80 Å². The Bertz CT molecular complexity index is 2860. The van der Waals surface area contributed by atoms with E-state index in [1.54, 1.807) is 0 Å². The Labute approximate surface area is 227 Å². The molecule has 0 saturated carbocycles. The topological polar surface area (TPSA) is 8.82 Å². The van der Waals surface area contributed by atoms with Crippen molar-refractivity contribution in [1.29, 1.82) is 0 Å². The Morgan fingerprint density at radius 3 is 1.68 bits per heavy atom. The van der Waals surface area contributed by atoms with Gasteiger partial charge in [-0.3, -0.25) is 0 Å². The third kappa shape index (κ3) is 2.07. The van der Waals surface area contributed by atoms with Gasteiger partial charge in [-0.25, -0.2) is 0 Å². The first-order valence-corrected chi connectivity index (χ1v) is 14.0. The minimum absolute atomic E-state index is 1.27. The van der Waals surface area contributed by atoms with Crippen LogP contribution in [0.15, 0.2) is 121 Å². The van der Waals surface area contributed by atoms with Crippen molar-refractivity contribution >= 4 is 97.7 Å². The summed E-state index contributed by atoms with van der Waals surface area (Å²) in [5.41, 5.74) is 7.76. The smallest absolute Gasteiger partial charge is 0.0627 e. The van der Waals surface area contributed by atoms with Crippen LogP contribution in [-0.2, 0) is 0 Å². The van der Waals surface area contributed by atoms with Gasteiger partial charge >= 0.3 is 0 Å². The molecule has 0 amide bonds. The number of para-hydroxylation sites is 3.